The summed E-state index contributed by atoms with van der Waals surface area (Å²) >= 11 is 1.36. The van der Waals surface area contributed by atoms with Crippen LogP contribution in [0.25, 0.3) is 17.0 Å². The van der Waals surface area contributed by atoms with Gasteiger partial charge in [0.2, 0.25) is 11.0 Å². The second-order valence-corrected chi connectivity index (χ2v) is 5.77. The maximum absolute atomic E-state index is 11.9. The molecule has 6 nitrogen and oxygen atoms in total. The van der Waals surface area contributed by atoms with Gasteiger partial charge in [-0.05, 0) is 24.6 Å². The van der Waals surface area contributed by atoms with Crippen LogP contribution >= 0.6 is 11.3 Å². The Balaban J connectivity index is 1.73. The molecule has 0 aliphatic rings. The molecule has 118 valence electrons. The van der Waals surface area contributed by atoms with Gasteiger partial charge in [0.1, 0.15) is 10.8 Å². The molecular formula is C16H15N3O3S. The summed E-state index contributed by atoms with van der Waals surface area (Å²) in [4.78, 5) is 11.9. The van der Waals surface area contributed by atoms with E-state index in [1.165, 1.54) is 17.4 Å². The van der Waals surface area contributed by atoms with Gasteiger partial charge in [-0.3, -0.25) is 10.1 Å². The highest BCUT2D eigenvalue weighted by Crippen LogP contribution is 2.28. The molecule has 0 saturated carbocycles. The number of carbonyl (C=O) groups is 1. The number of anilines is 1. The summed E-state index contributed by atoms with van der Waals surface area (Å²) < 4.78 is 10.9. The van der Waals surface area contributed by atoms with Crippen molar-refractivity contribution >= 4 is 39.4 Å². The third-order valence-corrected chi connectivity index (χ3v) is 4.13. The van der Waals surface area contributed by atoms with E-state index in [0.717, 1.165) is 16.8 Å². The largest absolute Gasteiger partial charge is 0.493 e. The first-order valence-electron chi connectivity index (χ1n) is 7.07. The zero-order valence-electron chi connectivity index (χ0n) is 12.7. The fourth-order valence-corrected chi connectivity index (χ4v) is 2.73. The van der Waals surface area contributed by atoms with Gasteiger partial charge in [-0.1, -0.05) is 30.4 Å². The molecule has 0 spiro atoms. The molecule has 0 atom stereocenters. The van der Waals surface area contributed by atoms with Crippen molar-refractivity contribution < 1.29 is 13.9 Å². The summed E-state index contributed by atoms with van der Waals surface area (Å²) in [5.74, 6) is 0.954. The number of ether oxygens (including phenoxy) is 1. The molecule has 0 aliphatic carbocycles. The number of para-hydroxylation sites is 1. The van der Waals surface area contributed by atoms with E-state index in [2.05, 4.69) is 15.5 Å². The van der Waals surface area contributed by atoms with Crippen molar-refractivity contribution in [1.82, 2.24) is 10.2 Å². The fraction of sp³-hybridized carbons (Fsp3) is 0.188. The van der Waals surface area contributed by atoms with Crippen molar-refractivity contribution in [1.29, 1.82) is 0 Å². The molecule has 23 heavy (non-hydrogen) atoms. The topological polar surface area (TPSA) is 77.2 Å². The average Bonchev–Trinajstić information content (AvgIpc) is 3.18. The minimum absolute atomic E-state index is 0.281. The van der Waals surface area contributed by atoms with Crippen molar-refractivity contribution in [3.05, 3.63) is 41.1 Å². The molecule has 3 rings (SSSR count). The maximum Gasteiger partial charge on any atom is 0.250 e. The molecule has 0 radical (unpaired) electrons. The van der Waals surface area contributed by atoms with Gasteiger partial charge in [-0.2, -0.15) is 0 Å². The molecule has 1 N–H and O–H groups in total. The lowest BCUT2D eigenvalue weighted by atomic mass is 10.2. The summed E-state index contributed by atoms with van der Waals surface area (Å²) in [5, 5.41) is 12.8. The van der Waals surface area contributed by atoms with Gasteiger partial charge in [0.05, 0.1) is 7.11 Å². The Morgan fingerprint density at radius 3 is 3.04 bits per heavy atom. The Morgan fingerprint density at radius 2 is 2.30 bits per heavy atom. The molecule has 0 fully saturated rings. The van der Waals surface area contributed by atoms with E-state index in [-0.39, 0.29) is 5.91 Å². The van der Waals surface area contributed by atoms with Gasteiger partial charge in [-0.15, -0.1) is 10.2 Å². The van der Waals surface area contributed by atoms with Gasteiger partial charge in [0, 0.05) is 11.5 Å². The highest BCUT2D eigenvalue weighted by molar-refractivity contribution is 7.15. The summed E-state index contributed by atoms with van der Waals surface area (Å²) in [6.07, 6.45) is 3.80. The first-order valence-corrected chi connectivity index (χ1v) is 7.89. The van der Waals surface area contributed by atoms with Gasteiger partial charge >= 0.3 is 0 Å². The number of rotatable bonds is 5. The van der Waals surface area contributed by atoms with Gasteiger partial charge < -0.3 is 9.15 Å². The number of carbonyl (C=O) groups excluding carboxylic acids is 1. The van der Waals surface area contributed by atoms with E-state index in [9.17, 15) is 4.79 Å². The van der Waals surface area contributed by atoms with Crippen LogP contribution in [0, 0.1) is 0 Å². The van der Waals surface area contributed by atoms with Crippen LogP contribution in [0.1, 0.15) is 17.7 Å². The molecule has 0 saturated heterocycles. The number of methoxy groups -OCH3 is 1. The van der Waals surface area contributed by atoms with Crippen LogP contribution in [0.2, 0.25) is 0 Å². The third kappa shape index (κ3) is 3.40. The second kappa shape index (κ2) is 6.62. The van der Waals surface area contributed by atoms with Crippen molar-refractivity contribution in [2.24, 2.45) is 0 Å². The van der Waals surface area contributed by atoms with Crippen molar-refractivity contribution in [3.8, 4) is 5.75 Å². The second-order valence-electron chi connectivity index (χ2n) is 4.70. The molecule has 3 aromatic rings. The van der Waals surface area contributed by atoms with E-state index in [4.69, 9.17) is 9.15 Å². The number of aryl methyl sites for hydroxylation is 1. The molecule has 1 aromatic carbocycles. The lowest BCUT2D eigenvalue weighted by Crippen LogP contribution is -2.07. The van der Waals surface area contributed by atoms with E-state index in [1.54, 1.807) is 13.2 Å². The number of fused-ring (bicyclic) bond motifs is 1. The molecule has 0 unspecified atom stereocenters. The predicted molar refractivity (Wildman–Crippen MR) is 89.7 cm³/mol. The van der Waals surface area contributed by atoms with Crippen molar-refractivity contribution in [2.45, 2.75) is 13.3 Å². The standard InChI is InChI=1S/C16H15N3O3S/c1-3-14-18-19-16(23-14)17-13(20)8-7-11-9-10-5-4-6-12(21-2)15(10)22-11/h4-9H,3H2,1-2H3,(H,17,19,20)/b8-7+. The Morgan fingerprint density at radius 1 is 1.43 bits per heavy atom. The van der Waals surface area contributed by atoms with Crippen LogP contribution in [-0.2, 0) is 11.2 Å². The van der Waals surface area contributed by atoms with Crippen LogP contribution in [0.3, 0.4) is 0 Å². The molecule has 0 aliphatic heterocycles. The van der Waals surface area contributed by atoms with Crippen LogP contribution < -0.4 is 10.1 Å². The number of nitrogens with zero attached hydrogens (tertiary/aromatic N) is 2. The normalized spacial score (nSPS) is 11.2. The third-order valence-electron chi connectivity index (χ3n) is 3.15. The van der Waals surface area contributed by atoms with Crippen LogP contribution in [-0.4, -0.2) is 23.2 Å². The van der Waals surface area contributed by atoms with E-state index < -0.39 is 0 Å². The molecule has 1 amide bonds. The molecular weight excluding hydrogens is 314 g/mol. The number of amides is 1. The first-order chi connectivity index (χ1) is 11.2. The quantitative estimate of drug-likeness (QED) is 0.725. The number of hydrogen-bond acceptors (Lipinski definition) is 6. The lowest BCUT2D eigenvalue weighted by molar-refractivity contribution is -0.111. The molecule has 7 heteroatoms. The van der Waals surface area contributed by atoms with Gasteiger partial charge in [0.15, 0.2) is 11.3 Å². The minimum Gasteiger partial charge on any atom is -0.493 e. The monoisotopic (exact) mass is 329 g/mol. The minimum atomic E-state index is -0.281. The zero-order chi connectivity index (χ0) is 16.2. The van der Waals surface area contributed by atoms with Gasteiger partial charge in [-0.25, -0.2) is 0 Å². The summed E-state index contributed by atoms with van der Waals surface area (Å²) in [6.45, 7) is 1.99. The molecule has 2 heterocycles. The fourth-order valence-electron chi connectivity index (χ4n) is 2.05. The number of benzene rings is 1. The van der Waals surface area contributed by atoms with Crippen molar-refractivity contribution in [2.75, 3.05) is 12.4 Å². The summed E-state index contributed by atoms with van der Waals surface area (Å²) in [7, 11) is 1.59. The van der Waals surface area contributed by atoms with Crippen LogP contribution in [0.5, 0.6) is 5.75 Å². The van der Waals surface area contributed by atoms with Gasteiger partial charge in [0.25, 0.3) is 0 Å². The van der Waals surface area contributed by atoms with E-state index in [1.807, 2.05) is 31.2 Å². The Labute approximate surface area is 136 Å². The SMILES string of the molecule is CCc1nnc(NC(=O)/C=C/c2cc3cccc(OC)c3o2)s1. The number of furan rings is 1. The van der Waals surface area contributed by atoms with Crippen LogP contribution in [0.15, 0.2) is 34.8 Å². The zero-order valence-corrected chi connectivity index (χ0v) is 13.5. The summed E-state index contributed by atoms with van der Waals surface area (Å²) in [6, 6.07) is 7.48. The Kier molecular flexibility index (Phi) is 4.38. The smallest absolute Gasteiger partial charge is 0.250 e. The number of hydrogen-bond donors (Lipinski definition) is 1. The first kappa shape index (κ1) is 15.2. The number of aromatic nitrogens is 2. The van der Waals surface area contributed by atoms with Crippen molar-refractivity contribution in [3.63, 3.8) is 0 Å². The molecule has 0 bridgehead atoms. The predicted octanol–water partition coefficient (Wildman–Crippen LogP) is 3.51. The lowest BCUT2D eigenvalue weighted by Gasteiger charge is -1.98. The number of nitrogens with one attached hydrogen (secondary N) is 1. The van der Waals surface area contributed by atoms with Crippen LogP contribution in [0.4, 0.5) is 5.13 Å². The average molecular weight is 329 g/mol. The highest BCUT2D eigenvalue weighted by atomic mass is 32.1. The van der Waals surface area contributed by atoms with E-state index in [0.29, 0.717) is 22.2 Å². The highest BCUT2D eigenvalue weighted by Gasteiger charge is 2.08. The summed E-state index contributed by atoms with van der Waals surface area (Å²) in [5.41, 5.74) is 0.659. The molecule has 2 aromatic heterocycles. The Hall–Kier alpha value is -2.67. The Bertz CT molecular complexity index is 866. The van der Waals surface area contributed by atoms with E-state index >= 15 is 0 Å². The maximum atomic E-state index is 11.9.